The molecule has 0 aromatic heterocycles. The van der Waals surface area contributed by atoms with Gasteiger partial charge in [0.15, 0.2) is 0 Å². The minimum absolute atomic E-state index is 0.0139. The summed E-state index contributed by atoms with van der Waals surface area (Å²) in [5.74, 6) is -0.0394. The van der Waals surface area contributed by atoms with Gasteiger partial charge in [-0.2, -0.15) is 0 Å². The molecule has 0 radical (unpaired) electrons. The summed E-state index contributed by atoms with van der Waals surface area (Å²) in [6.45, 7) is 3.27. The monoisotopic (exact) mass is 356 g/mol. The summed E-state index contributed by atoms with van der Waals surface area (Å²) >= 11 is 5.86. The highest BCUT2D eigenvalue weighted by molar-refractivity contribution is 6.30. The molecule has 3 rings (SSSR count). The number of benzene rings is 2. The van der Waals surface area contributed by atoms with Gasteiger partial charge < -0.3 is 10.2 Å². The third-order valence-electron chi connectivity index (χ3n) is 4.52. The molecule has 1 fully saturated rings. The Bertz CT molecular complexity index is 748. The van der Waals surface area contributed by atoms with Crippen LogP contribution in [-0.4, -0.2) is 35.8 Å². The summed E-state index contributed by atoms with van der Waals surface area (Å²) in [7, 11) is 0. The molecule has 1 N–H and O–H groups in total. The van der Waals surface area contributed by atoms with E-state index >= 15 is 0 Å². The number of piperidine rings is 1. The van der Waals surface area contributed by atoms with Crippen LogP contribution in [0.5, 0.6) is 0 Å². The molecule has 2 amide bonds. The summed E-state index contributed by atoms with van der Waals surface area (Å²) < 4.78 is 0. The topological polar surface area (TPSA) is 49.4 Å². The van der Waals surface area contributed by atoms with E-state index in [0.717, 1.165) is 18.4 Å². The van der Waals surface area contributed by atoms with Crippen LogP contribution in [0.1, 0.15) is 39.1 Å². The predicted octanol–water partition coefficient (Wildman–Crippen LogP) is 3.68. The van der Waals surface area contributed by atoms with Gasteiger partial charge in [0.1, 0.15) is 0 Å². The van der Waals surface area contributed by atoms with Gasteiger partial charge in [0.25, 0.3) is 11.8 Å². The summed E-state index contributed by atoms with van der Waals surface area (Å²) in [6.07, 6.45) is 1.52. The van der Waals surface area contributed by atoms with Gasteiger partial charge in [-0.1, -0.05) is 29.3 Å². The van der Waals surface area contributed by atoms with Crippen molar-refractivity contribution in [1.82, 2.24) is 10.2 Å². The van der Waals surface area contributed by atoms with Gasteiger partial charge in [-0.15, -0.1) is 0 Å². The fraction of sp³-hybridized carbons (Fsp3) is 0.300. The smallest absolute Gasteiger partial charge is 0.253 e. The number of amides is 2. The van der Waals surface area contributed by atoms with Crippen molar-refractivity contribution >= 4 is 23.4 Å². The average Bonchev–Trinajstić information content (AvgIpc) is 2.63. The normalized spacial score (nSPS) is 15.0. The summed E-state index contributed by atoms with van der Waals surface area (Å²) in [6, 6.07) is 14.6. The van der Waals surface area contributed by atoms with Crippen LogP contribution in [0.25, 0.3) is 0 Å². The second-order valence-electron chi connectivity index (χ2n) is 6.41. The average molecular weight is 357 g/mol. The molecular weight excluding hydrogens is 336 g/mol. The van der Waals surface area contributed by atoms with E-state index in [1.165, 1.54) is 0 Å². The van der Waals surface area contributed by atoms with Crippen LogP contribution in [0.3, 0.4) is 0 Å². The Morgan fingerprint density at radius 1 is 0.960 bits per heavy atom. The van der Waals surface area contributed by atoms with Crippen molar-refractivity contribution in [3.63, 3.8) is 0 Å². The highest BCUT2D eigenvalue weighted by Gasteiger charge is 2.24. The third-order valence-corrected chi connectivity index (χ3v) is 4.77. The first-order chi connectivity index (χ1) is 12.0. The molecule has 0 aliphatic carbocycles. The Morgan fingerprint density at radius 2 is 1.52 bits per heavy atom. The highest BCUT2D eigenvalue weighted by atomic mass is 35.5. The molecule has 2 aromatic rings. The number of hydrogen-bond donors (Lipinski definition) is 1. The Morgan fingerprint density at radius 3 is 2.12 bits per heavy atom. The molecule has 0 spiro atoms. The number of carbonyl (C=O) groups excluding carboxylic acids is 2. The fourth-order valence-electron chi connectivity index (χ4n) is 2.98. The molecule has 130 valence electrons. The second-order valence-corrected chi connectivity index (χ2v) is 6.85. The third kappa shape index (κ3) is 4.40. The van der Waals surface area contributed by atoms with E-state index in [-0.39, 0.29) is 17.9 Å². The fourth-order valence-corrected chi connectivity index (χ4v) is 3.10. The van der Waals surface area contributed by atoms with Crippen LogP contribution >= 0.6 is 11.6 Å². The second kappa shape index (κ2) is 7.70. The SMILES string of the molecule is Cc1ccc(C(=O)NC2CCN(C(=O)c3ccc(Cl)cc3)CC2)cc1. The molecule has 1 heterocycles. The minimum Gasteiger partial charge on any atom is -0.349 e. The van der Waals surface area contributed by atoms with Gasteiger partial charge in [0.05, 0.1) is 0 Å². The lowest BCUT2D eigenvalue weighted by atomic mass is 10.0. The van der Waals surface area contributed by atoms with Crippen LogP contribution in [0, 0.1) is 6.92 Å². The minimum atomic E-state index is -0.0533. The lowest BCUT2D eigenvalue weighted by Crippen LogP contribution is -2.46. The van der Waals surface area contributed by atoms with Gasteiger partial charge in [-0.25, -0.2) is 0 Å². The van der Waals surface area contributed by atoms with Crippen LogP contribution in [0.4, 0.5) is 0 Å². The van der Waals surface area contributed by atoms with Gasteiger partial charge in [0.2, 0.25) is 0 Å². The van der Waals surface area contributed by atoms with Crippen LogP contribution in [0.15, 0.2) is 48.5 Å². The maximum Gasteiger partial charge on any atom is 0.253 e. The van der Waals surface area contributed by atoms with E-state index in [1.54, 1.807) is 24.3 Å². The van der Waals surface area contributed by atoms with Crippen molar-refractivity contribution < 1.29 is 9.59 Å². The van der Waals surface area contributed by atoms with E-state index < -0.39 is 0 Å². The molecule has 1 aliphatic rings. The molecule has 1 saturated heterocycles. The predicted molar refractivity (Wildman–Crippen MR) is 99.0 cm³/mol. The van der Waals surface area contributed by atoms with Gasteiger partial charge in [-0.05, 0) is 56.2 Å². The van der Waals surface area contributed by atoms with E-state index in [2.05, 4.69) is 5.32 Å². The van der Waals surface area contributed by atoms with E-state index in [1.807, 2.05) is 36.1 Å². The molecule has 4 nitrogen and oxygen atoms in total. The number of aryl methyl sites for hydroxylation is 1. The largest absolute Gasteiger partial charge is 0.349 e. The molecule has 0 atom stereocenters. The Kier molecular flexibility index (Phi) is 5.39. The number of hydrogen-bond acceptors (Lipinski definition) is 2. The number of nitrogens with one attached hydrogen (secondary N) is 1. The highest BCUT2D eigenvalue weighted by Crippen LogP contribution is 2.16. The first-order valence-electron chi connectivity index (χ1n) is 8.45. The first-order valence-corrected chi connectivity index (χ1v) is 8.83. The van der Waals surface area contributed by atoms with Crippen molar-refractivity contribution in [2.45, 2.75) is 25.8 Å². The molecule has 5 heteroatoms. The van der Waals surface area contributed by atoms with Crippen LogP contribution in [0.2, 0.25) is 5.02 Å². The van der Waals surface area contributed by atoms with Gasteiger partial charge in [-0.3, -0.25) is 9.59 Å². The molecule has 25 heavy (non-hydrogen) atoms. The van der Waals surface area contributed by atoms with E-state index in [4.69, 9.17) is 11.6 Å². The summed E-state index contributed by atoms with van der Waals surface area (Å²) in [4.78, 5) is 26.6. The van der Waals surface area contributed by atoms with Crippen molar-refractivity contribution in [3.05, 3.63) is 70.2 Å². The molecular formula is C20H21ClN2O2. The number of carbonyl (C=O) groups is 2. The Balaban J connectivity index is 1.53. The number of likely N-dealkylation sites (tertiary alicyclic amines) is 1. The first kappa shape index (κ1) is 17.5. The van der Waals surface area contributed by atoms with Crippen molar-refractivity contribution in [3.8, 4) is 0 Å². The standard InChI is InChI=1S/C20H21ClN2O2/c1-14-2-4-15(5-3-14)19(24)22-18-10-12-23(13-11-18)20(25)16-6-8-17(21)9-7-16/h2-9,18H,10-13H2,1H3,(H,22,24). The lowest BCUT2D eigenvalue weighted by Gasteiger charge is -2.32. The van der Waals surface area contributed by atoms with E-state index in [0.29, 0.717) is 29.2 Å². The van der Waals surface area contributed by atoms with Crippen LogP contribution in [-0.2, 0) is 0 Å². The number of nitrogens with zero attached hydrogens (tertiary/aromatic N) is 1. The zero-order valence-electron chi connectivity index (χ0n) is 14.2. The Hall–Kier alpha value is -2.33. The molecule has 0 bridgehead atoms. The zero-order valence-corrected chi connectivity index (χ0v) is 14.9. The number of halogens is 1. The molecule has 0 unspecified atom stereocenters. The summed E-state index contributed by atoms with van der Waals surface area (Å²) in [5.41, 5.74) is 2.45. The lowest BCUT2D eigenvalue weighted by molar-refractivity contribution is 0.0698. The molecule has 1 aliphatic heterocycles. The van der Waals surface area contributed by atoms with Gasteiger partial charge >= 0.3 is 0 Å². The van der Waals surface area contributed by atoms with Gasteiger partial charge in [0, 0.05) is 35.3 Å². The van der Waals surface area contributed by atoms with E-state index in [9.17, 15) is 9.59 Å². The molecule has 0 saturated carbocycles. The van der Waals surface area contributed by atoms with Crippen molar-refractivity contribution in [1.29, 1.82) is 0 Å². The maximum absolute atomic E-state index is 12.5. The Labute approximate surface area is 152 Å². The van der Waals surface area contributed by atoms with Crippen LogP contribution < -0.4 is 5.32 Å². The molecule has 2 aromatic carbocycles. The van der Waals surface area contributed by atoms with Crippen molar-refractivity contribution in [2.75, 3.05) is 13.1 Å². The zero-order chi connectivity index (χ0) is 17.8. The maximum atomic E-state index is 12.5. The summed E-state index contributed by atoms with van der Waals surface area (Å²) in [5, 5.41) is 3.69. The van der Waals surface area contributed by atoms with Crippen molar-refractivity contribution in [2.24, 2.45) is 0 Å². The quantitative estimate of drug-likeness (QED) is 0.911. The number of rotatable bonds is 3.